The number of aromatic nitrogens is 1. The molecule has 2 heterocycles. The summed E-state index contributed by atoms with van der Waals surface area (Å²) in [4.78, 5) is 30.2. The zero-order chi connectivity index (χ0) is 16.9. The second-order valence-corrected chi connectivity index (χ2v) is 7.83. The van der Waals surface area contributed by atoms with Gasteiger partial charge in [0.1, 0.15) is 0 Å². The summed E-state index contributed by atoms with van der Waals surface area (Å²) < 4.78 is 0.708. The van der Waals surface area contributed by atoms with Crippen LogP contribution in [-0.2, 0) is 12.8 Å². The Kier molecular flexibility index (Phi) is 5.63. The van der Waals surface area contributed by atoms with Crippen molar-refractivity contribution < 1.29 is 9.59 Å². The highest BCUT2D eigenvalue weighted by Gasteiger charge is 2.16. The molecule has 0 bridgehead atoms. The molecule has 126 valence electrons. The Bertz CT molecular complexity index is 735. The minimum absolute atomic E-state index is 0.275. The van der Waals surface area contributed by atoms with Crippen LogP contribution >= 0.6 is 27.3 Å². The van der Waals surface area contributed by atoms with Crippen LogP contribution in [0.25, 0.3) is 0 Å². The van der Waals surface area contributed by atoms with Crippen LogP contribution in [0.1, 0.15) is 56.2 Å². The number of hydrogen-bond acceptors (Lipinski definition) is 4. The van der Waals surface area contributed by atoms with Gasteiger partial charge in [0.25, 0.3) is 11.8 Å². The Balaban J connectivity index is 1.63. The van der Waals surface area contributed by atoms with Crippen molar-refractivity contribution in [1.29, 1.82) is 0 Å². The first-order chi connectivity index (χ1) is 11.6. The number of thiophene rings is 1. The van der Waals surface area contributed by atoms with Gasteiger partial charge in [0.15, 0.2) is 0 Å². The molecule has 0 atom stereocenters. The predicted octanol–water partition coefficient (Wildman–Crippen LogP) is 3.64. The van der Waals surface area contributed by atoms with E-state index in [0.717, 1.165) is 12.8 Å². The average molecular weight is 408 g/mol. The van der Waals surface area contributed by atoms with E-state index in [1.807, 2.05) is 6.07 Å². The fraction of sp³-hybridized carbons (Fsp3) is 0.353. The first-order valence-corrected chi connectivity index (χ1v) is 9.57. The number of carbonyl (C=O) groups is 2. The van der Waals surface area contributed by atoms with E-state index < -0.39 is 5.91 Å². The number of halogens is 1. The molecule has 24 heavy (non-hydrogen) atoms. The number of amides is 2. The molecule has 0 unspecified atom stereocenters. The van der Waals surface area contributed by atoms with E-state index >= 15 is 0 Å². The highest BCUT2D eigenvalue weighted by atomic mass is 79.9. The summed E-state index contributed by atoms with van der Waals surface area (Å²) in [6, 6.07) is 3.61. The molecule has 1 aliphatic rings. The zero-order valence-electron chi connectivity index (χ0n) is 13.1. The fourth-order valence-electron chi connectivity index (χ4n) is 2.74. The molecule has 2 N–H and O–H groups in total. The Morgan fingerprint density at radius 1 is 1.00 bits per heavy atom. The maximum Gasteiger partial charge on any atom is 0.279 e. The Morgan fingerprint density at radius 2 is 1.75 bits per heavy atom. The summed E-state index contributed by atoms with van der Waals surface area (Å²) in [7, 11) is 0. The summed E-state index contributed by atoms with van der Waals surface area (Å²) in [5, 5.41) is 0. The lowest BCUT2D eigenvalue weighted by Crippen LogP contribution is -2.41. The lowest BCUT2D eigenvalue weighted by Gasteiger charge is -2.07. The minimum Gasteiger partial charge on any atom is -0.267 e. The van der Waals surface area contributed by atoms with E-state index in [-0.39, 0.29) is 5.91 Å². The molecule has 0 aromatic carbocycles. The summed E-state index contributed by atoms with van der Waals surface area (Å²) in [5.74, 6) is -0.671. The van der Waals surface area contributed by atoms with Crippen molar-refractivity contribution >= 4 is 39.1 Å². The fourth-order valence-corrected chi connectivity index (χ4v) is 4.25. The lowest BCUT2D eigenvalue weighted by molar-refractivity contribution is 0.0848. The van der Waals surface area contributed by atoms with Gasteiger partial charge in [-0.05, 0) is 59.3 Å². The normalized spacial score (nSPS) is 14.2. The molecule has 3 rings (SSSR count). The van der Waals surface area contributed by atoms with Gasteiger partial charge in [-0.3, -0.25) is 25.4 Å². The van der Waals surface area contributed by atoms with Crippen LogP contribution in [0.3, 0.4) is 0 Å². The first kappa shape index (κ1) is 17.1. The van der Waals surface area contributed by atoms with Crippen molar-refractivity contribution in [2.45, 2.75) is 38.5 Å². The van der Waals surface area contributed by atoms with Gasteiger partial charge in [0.05, 0.1) is 10.4 Å². The number of fused-ring (bicyclic) bond motifs is 1. The van der Waals surface area contributed by atoms with Crippen LogP contribution in [0.2, 0.25) is 0 Å². The number of hydrogen-bond donors (Lipinski definition) is 2. The largest absolute Gasteiger partial charge is 0.279 e. The first-order valence-electron chi connectivity index (χ1n) is 7.96. The van der Waals surface area contributed by atoms with E-state index in [1.165, 1.54) is 53.7 Å². The maximum atomic E-state index is 12.3. The van der Waals surface area contributed by atoms with Crippen LogP contribution in [-0.4, -0.2) is 16.8 Å². The summed E-state index contributed by atoms with van der Waals surface area (Å²) in [6.07, 6.45) is 10.0. The number of aryl methyl sites for hydroxylation is 2. The van der Waals surface area contributed by atoms with E-state index in [1.54, 1.807) is 12.3 Å². The summed E-state index contributed by atoms with van der Waals surface area (Å²) >= 11 is 4.80. The van der Waals surface area contributed by atoms with Crippen molar-refractivity contribution in [2.75, 3.05) is 0 Å². The Morgan fingerprint density at radius 3 is 2.54 bits per heavy atom. The van der Waals surface area contributed by atoms with Crippen molar-refractivity contribution in [3.63, 3.8) is 0 Å². The highest BCUT2D eigenvalue weighted by Crippen LogP contribution is 2.28. The molecule has 2 aromatic rings. The molecule has 7 heteroatoms. The topological polar surface area (TPSA) is 71.1 Å². The zero-order valence-corrected chi connectivity index (χ0v) is 15.5. The number of pyridine rings is 1. The summed E-state index contributed by atoms with van der Waals surface area (Å²) in [6.45, 7) is 0. The SMILES string of the molecule is O=C(NNC(=O)c1cc2c(s1)CCCCCC2)c1cncc(Br)c1. The van der Waals surface area contributed by atoms with E-state index in [9.17, 15) is 9.59 Å². The van der Waals surface area contributed by atoms with Crippen molar-refractivity contribution in [2.24, 2.45) is 0 Å². The number of carbonyl (C=O) groups excluding carboxylic acids is 2. The highest BCUT2D eigenvalue weighted by molar-refractivity contribution is 9.10. The third-order valence-corrected chi connectivity index (χ3v) is 5.65. The third-order valence-electron chi connectivity index (χ3n) is 3.98. The molecule has 0 radical (unpaired) electrons. The number of nitrogens with zero attached hydrogens (tertiary/aromatic N) is 1. The van der Waals surface area contributed by atoms with Gasteiger partial charge >= 0.3 is 0 Å². The molecule has 0 fully saturated rings. The second kappa shape index (κ2) is 7.90. The van der Waals surface area contributed by atoms with Crippen LogP contribution in [0.5, 0.6) is 0 Å². The van der Waals surface area contributed by atoms with Crippen LogP contribution in [0.4, 0.5) is 0 Å². The minimum atomic E-state index is -0.396. The predicted molar refractivity (Wildman–Crippen MR) is 97.1 cm³/mol. The van der Waals surface area contributed by atoms with Gasteiger partial charge in [-0.15, -0.1) is 11.3 Å². The molecule has 5 nitrogen and oxygen atoms in total. The van der Waals surface area contributed by atoms with Crippen molar-refractivity contribution in [3.05, 3.63) is 49.9 Å². The quantitative estimate of drug-likeness (QED) is 0.746. The average Bonchev–Trinajstić information content (AvgIpc) is 2.94. The van der Waals surface area contributed by atoms with E-state index in [0.29, 0.717) is 14.9 Å². The van der Waals surface area contributed by atoms with Gasteiger partial charge in [-0.2, -0.15) is 0 Å². The molecule has 0 aliphatic heterocycles. The standard InChI is InChI=1S/C17H18BrN3O2S/c18-13-7-12(9-19-10-13)16(22)20-21-17(23)15-8-11-5-3-1-2-4-6-14(11)24-15/h7-10H,1-6H2,(H,20,22)(H,21,23). The van der Waals surface area contributed by atoms with E-state index in [2.05, 4.69) is 31.8 Å². The molecule has 2 aromatic heterocycles. The molecule has 1 aliphatic carbocycles. The van der Waals surface area contributed by atoms with E-state index in [4.69, 9.17) is 0 Å². The smallest absolute Gasteiger partial charge is 0.267 e. The maximum absolute atomic E-state index is 12.3. The lowest BCUT2D eigenvalue weighted by atomic mass is 10.00. The van der Waals surface area contributed by atoms with Crippen LogP contribution in [0.15, 0.2) is 29.0 Å². The monoisotopic (exact) mass is 407 g/mol. The van der Waals surface area contributed by atoms with Crippen LogP contribution in [0, 0.1) is 0 Å². The van der Waals surface area contributed by atoms with Gasteiger partial charge in [-0.25, -0.2) is 0 Å². The van der Waals surface area contributed by atoms with Crippen LogP contribution < -0.4 is 10.9 Å². The Labute approximate surface area is 153 Å². The van der Waals surface area contributed by atoms with Gasteiger partial charge < -0.3 is 0 Å². The number of hydrazine groups is 1. The molecule has 2 amide bonds. The molecular formula is C17H18BrN3O2S. The number of rotatable bonds is 2. The van der Waals surface area contributed by atoms with Gasteiger partial charge in [0, 0.05) is 21.7 Å². The van der Waals surface area contributed by atoms with Crippen molar-refractivity contribution in [1.82, 2.24) is 15.8 Å². The summed E-state index contributed by atoms with van der Waals surface area (Å²) in [5.41, 5.74) is 6.59. The molecular weight excluding hydrogens is 390 g/mol. The number of nitrogens with one attached hydrogen (secondary N) is 2. The third kappa shape index (κ3) is 4.21. The molecule has 0 saturated heterocycles. The van der Waals surface area contributed by atoms with Crippen molar-refractivity contribution in [3.8, 4) is 0 Å². The second-order valence-electron chi connectivity index (χ2n) is 5.77. The van der Waals surface area contributed by atoms with Gasteiger partial charge in [0.2, 0.25) is 0 Å². The molecule has 0 saturated carbocycles. The Hall–Kier alpha value is -1.73. The molecule has 0 spiro atoms. The van der Waals surface area contributed by atoms with Gasteiger partial charge in [-0.1, -0.05) is 12.8 Å².